The highest BCUT2D eigenvalue weighted by atomic mass is 35.5. The summed E-state index contributed by atoms with van der Waals surface area (Å²) in [6.45, 7) is 0. The predicted molar refractivity (Wildman–Crippen MR) is 159 cm³/mol. The molecule has 0 fully saturated rings. The molecule has 0 aliphatic carbocycles. The molecule has 40 heavy (non-hydrogen) atoms. The van der Waals surface area contributed by atoms with Crippen LogP contribution in [0, 0.1) is 0 Å². The first-order chi connectivity index (χ1) is 19.4. The van der Waals surface area contributed by atoms with E-state index in [9.17, 15) is 14.4 Å². The van der Waals surface area contributed by atoms with Crippen LogP contribution in [0.2, 0.25) is 5.02 Å². The fraction of sp³-hybridized carbons (Fsp3) is 0.0667. The standard InChI is InChI=1S/C30H25ClN4O4S/c1-39-27-14-11-23(17-25(27)31)33-28(36)19-40-24-12-9-22(10-13-24)34-30(38)26(16-20-6-5-15-32-18-20)35-29(37)21-7-3-2-4-8-21/h2-18H,19H2,1H3,(H,33,36)(H,34,38)(H,35,37)/b26-16-. The molecule has 0 unspecified atom stereocenters. The molecule has 8 nitrogen and oxygen atoms in total. The number of nitrogens with zero attached hydrogens (tertiary/aromatic N) is 1. The maximum atomic E-state index is 13.1. The van der Waals surface area contributed by atoms with Crippen molar-refractivity contribution < 1.29 is 19.1 Å². The van der Waals surface area contributed by atoms with Crippen LogP contribution in [0.3, 0.4) is 0 Å². The van der Waals surface area contributed by atoms with Gasteiger partial charge >= 0.3 is 0 Å². The number of amides is 3. The Morgan fingerprint density at radius 2 is 1.68 bits per heavy atom. The van der Waals surface area contributed by atoms with Crippen molar-refractivity contribution in [2.75, 3.05) is 23.5 Å². The van der Waals surface area contributed by atoms with E-state index < -0.39 is 11.8 Å². The summed E-state index contributed by atoms with van der Waals surface area (Å²) in [4.78, 5) is 43.1. The molecule has 3 aromatic carbocycles. The van der Waals surface area contributed by atoms with Crippen LogP contribution in [0.25, 0.3) is 6.08 Å². The minimum atomic E-state index is -0.494. The van der Waals surface area contributed by atoms with Crippen LogP contribution >= 0.6 is 23.4 Å². The molecular formula is C30H25ClN4O4S. The van der Waals surface area contributed by atoms with Crippen LogP contribution in [0.1, 0.15) is 15.9 Å². The van der Waals surface area contributed by atoms with Crippen LogP contribution in [-0.2, 0) is 9.59 Å². The number of rotatable bonds is 10. The highest BCUT2D eigenvalue weighted by molar-refractivity contribution is 8.00. The Hall–Kier alpha value is -4.60. The number of nitrogens with one attached hydrogen (secondary N) is 3. The summed E-state index contributed by atoms with van der Waals surface area (Å²) in [7, 11) is 1.52. The molecule has 0 radical (unpaired) electrons. The number of anilines is 2. The predicted octanol–water partition coefficient (Wildman–Crippen LogP) is 5.88. The van der Waals surface area contributed by atoms with E-state index in [1.807, 2.05) is 0 Å². The summed E-state index contributed by atoms with van der Waals surface area (Å²) in [5.41, 5.74) is 2.24. The fourth-order valence-corrected chi connectivity index (χ4v) is 4.45. The Morgan fingerprint density at radius 1 is 0.925 bits per heavy atom. The Bertz CT molecular complexity index is 1510. The van der Waals surface area contributed by atoms with Gasteiger partial charge in [-0.1, -0.05) is 35.9 Å². The Labute approximate surface area is 240 Å². The van der Waals surface area contributed by atoms with Gasteiger partial charge in [0.2, 0.25) is 5.91 Å². The average Bonchev–Trinajstić information content (AvgIpc) is 2.97. The zero-order valence-corrected chi connectivity index (χ0v) is 23.0. The number of benzene rings is 3. The van der Waals surface area contributed by atoms with Gasteiger partial charge in [0.25, 0.3) is 11.8 Å². The molecule has 10 heteroatoms. The van der Waals surface area contributed by atoms with Crippen molar-refractivity contribution in [3.63, 3.8) is 0 Å². The molecule has 0 bridgehead atoms. The van der Waals surface area contributed by atoms with E-state index in [1.165, 1.54) is 18.9 Å². The Kier molecular flexibility index (Phi) is 9.93. The van der Waals surface area contributed by atoms with E-state index in [4.69, 9.17) is 16.3 Å². The number of pyridine rings is 1. The maximum Gasteiger partial charge on any atom is 0.272 e. The lowest BCUT2D eigenvalue weighted by atomic mass is 10.2. The summed E-state index contributed by atoms with van der Waals surface area (Å²) >= 11 is 7.45. The molecule has 4 aromatic rings. The molecule has 1 aromatic heterocycles. The Morgan fingerprint density at radius 3 is 2.35 bits per heavy atom. The van der Waals surface area contributed by atoms with Crippen molar-refractivity contribution in [2.24, 2.45) is 0 Å². The second kappa shape index (κ2) is 14.0. The van der Waals surface area contributed by atoms with Gasteiger partial charge in [-0.05, 0) is 72.3 Å². The largest absolute Gasteiger partial charge is 0.495 e. The van der Waals surface area contributed by atoms with Crippen LogP contribution in [-0.4, -0.2) is 35.6 Å². The molecule has 3 amide bonds. The lowest BCUT2D eigenvalue weighted by Gasteiger charge is -2.12. The van der Waals surface area contributed by atoms with Gasteiger partial charge in [-0.15, -0.1) is 11.8 Å². The van der Waals surface area contributed by atoms with E-state index in [0.717, 1.165) is 4.90 Å². The average molecular weight is 573 g/mol. The van der Waals surface area contributed by atoms with Gasteiger partial charge in [-0.3, -0.25) is 19.4 Å². The minimum absolute atomic E-state index is 0.0654. The van der Waals surface area contributed by atoms with Gasteiger partial charge in [0.1, 0.15) is 11.4 Å². The summed E-state index contributed by atoms with van der Waals surface area (Å²) in [6.07, 6.45) is 4.77. The topological polar surface area (TPSA) is 109 Å². The molecule has 0 aliphatic heterocycles. The molecule has 202 valence electrons. The number of ether oxygens (including phenoxy) is 1. The number of halogens is 1. The third kappa shape index (κ3) is 8.20. The van der Waals surface area contributed by atoms with Crippen LogP contribution in [0.4, 0.5) is 11.4 Å². The molecule has 0 spiro atoms. The van der Waals surface area contributed by atoms with Crippen molar-refractivity contribution >= 4 is 58.5 Å². The van der Waals surface area contributed by atoms with Crippen molar-refractivity contribution in [2.45, 2.75) is 4.90 Å². The summed E-state index contributed by atoms with van der Waals surface area (Å²) in [5.74, 6) is -0.389. The number of thioether (sulfide) groups is 1. The molecule has 1 heterocycles. The Balaban J connectivity index is 1.37. The second-order valence-corrected chi connectivity index (χ2v) is 9.79. The highest BCUT2D eigenvalue weighted by Gasteiger charge is 2.15. The normalized spacial score (nSPS) is 10.9. The smallest absolute Gasteiger partial charge is 0.272 e. The van der Waals surface area contributed by atoms with Gasteiger partial charge in [0.15, 0.2) is 0 Å². The summed E-state index contributed by atoms with van der Waals surface area (Å²) in [6, 6.07) is 24.2. The first kappa shape index (κ1) is 28.4. The van der Waals surface area contributed by atoms with Crippen LogP contribution < -0.4 is 20.7 Å². The lowest BCUT2D eigenvalue weighted by molar-refractivity contribution is -0.114. The second-order valence-electron chi connectivity index (χ2n) is 8.33. The molecule has 0 saturated heterocycles. The monoisotopic (exact) mass is 572 g/mol. The number of carbonyl (C=O) groups excluding carboxylic acids is 3. The fourth-order valence-electron chi connectivity index (χ4n) is 3.49. The summed E-state index contributed by atoms with van der Waals surface area (Å²) < 4.78 is 5.12. The van der Waals surface area contributed by atoms with Gasteiger partial charge in [-0.25, -0.2) is 0 Å². The molecule has 3 N–H and O–H groups in total. The van der Waals surface area contributed by atoms with Gasteiger partial charge in [-0.2, -0.15) is 0 Å². The highest BCUT2D eigenvalue weighted by Crippen LogP contribution is 2.27. The molecule has 0 atom stereocenters. The first-order valence-corrected chi connectivity index (χ1v) is 13.4. The molecular weight excluding hydrogens is 548 g/mol. The van der Waals surface area contributed by atoms with Crippen molar-refractivity contribution in [1.29, 1.82) is 0 Å². The zero-order valence-electron chi connectivity index (χ0n) is 21.4. The minimum Gasteiger partial charge on any atom is -0.495 e. The van der Waals surface area contributed by atoms with E-state index in [0.29, 0.717) is 33.3 Å². The maximum absolute atomic E-state index is 13.1. The third-order valence-electron chi connectivity index (χ3n) is 5.44. The number of hydrogen-bond acceptors (Lipinski definition) is 6. The van der Waals surface area contributed by atoms with E-state index in [-0.39, 0.29) is 17.4 Å². The molecule has 4 rings (SSSR count). The quantitative estimate of drug-likeness (QED) is 0.162. The van der Waals surface area contributed by atoms with E-state index >= 15 is 0 Å². The van der Waals surface area contributed by atoms with Crippen molar-refractivity contribution in [3.05, 3.63) is 119 Å². The van der Waals surface area contributed by atoms with E-state index in [2.05, 4.69) is 20.9 Å². The van der Waals surface area contributed by atoms with Crippen molar-refractivity contribution in [1.82, 2.24) is 10.3 Å². The van der Waals surface area contributed by atoms with Crippen LogP contribution in [0.5, 0.6) is 5.75 Å². The SMILES string of the molecule is COc1ccc(NC(=O)CSc2ccc(NC(=O)/C(=C/c3cccnc3)NC(=O)c3ccccc3)cc2)cc1Cl. The number of carbonyl (C=O) groups is 3. The number of methoxy groups -OCH3 is 1. The van der Waals surface area contributed by atoms with Crippen LogP contribution in [0.15, 0.2) is 108 Å². The van der Waals surface area contributed by atoms with E-state index in [1.54, 1.807) is 103 Å². The van der Waals surface area contributed by atoms with Gasteiger partial charge in [0, 0.05) is 34.2 Å². The number of aromatic nitrogens is 1. The third-order valence-corrected chi connectivity index (χ3v) is 6.75. The zero-order chi connectivity index (χ0) is 28.3. The van der Waals surface area contributed by atoms with Crippen molar-refractivity contribution in [3.8, 4) is 5.75 Å². The molecule has 0 saturated carbocycles. The molecule has 0 aliphatic rings. The summed E-state index contributed by atoms with van der Waals surface area (Å²) in [5, 5.41) is 8.70. The number of hydrogen-bond donors (Lipinski definition) is 3. The first-order valence-electron chi connectivity index (χ1n) is 12.1. The lowest BCUT2D eigenvalue weighted by Crippen LogP contribution is -2.30. The van der Waals surface area contributed by atoms with Gasteiger partial charge < -0.3 is 20.7 Å². The van der Waals surface area contributed by atoms with Gasteiger partial charge in [0.05, 0.1) is 17.9 Å².